The molecule has 1 N–H and O–H groups in total. The molecule has 0 aromatic heterocycles. The average Bonchev–Trinajstić information content (AvgIpc) is 2.88. The number of piperidine rings is 3. The fourth-order valence-electron chi connectivity index (χ4n) is 3.69. The van der Waals surface area contributed by atoms with Crippen molar-refractivity contribution in [2.75, 3.05) is 13.1 Å². The third-order valence-corrected chi connectivity index (χ3v) is 4.73. The van der Waals surface area contributed by atoms with Crippen molar-refractivity contribution in [1.82, 2.24) is 10.3 Å². The minimum absolute atomic E-state index is 0.365. The number of hydrazone groups is 1. The Labute approximate surface area is 108 Å². The van der Waals surface area contributed by atoms with E-state index >= 15 is 0 Å². The van der Waals surface area contributed by atoms with Gasteiger partial charge in [-0.2, -0.15) is 5.10 Å². The van der Waals surface area contributed by atoms with E-state index in [0.717, 1.165) is 5.92 Å². The van der Waals surface area contributed by atoms with Crippen molar-refractivity contribution in [2.24, 2.45) is 11.0 Å². The van der Waals surface area contributed by atoms with Crippen LogP contribution in [-0.4, -0.2) is 29.7 Å². The molecule has 0 amide bonds. The van der Waals surface area contributed by atoms with Gasteiger partial charge in [0.25, 0.3) is 0 Å². The van der Waals surface area contributed by atoms with Gasteiger partial charge in [0, 0.05) is 5.92 Å². The van der Waals surface area contributed by atoms with Crippen LogP contribution in [0.1, 0.15) is 30.0 Å². The van der Waals surface area contributed by atoms with Crippen LogP contribution in [0.5, 0.6) is 0 Å². The lowest BCUT2D eigenvalue weighted by molar-refractivity contribution is 0.133. The van der Waals surface area contributed by atoms with Crippen molar-refractivity contribution < 1.29 is 0 Å². The maximum atomic E-state index is 4.65. The molecule has 18 heavy (non-hydrogen) atoms. The number of aryl methyl sites for hydroxylation is 1. The summed E-state index contributed by atoms with van der Waals surface area (Å²) in [5.74, 6) is 0.739. The van der Waals surface area contributed by atoms with Gasteiger partial charge >= 0.3 is 0 Å². The van der Waals surface area contributed by atoms with Gasteiger partial charge in [0.2, 0.25) is 0 Å². The molecule has 2 atom stereocenters. The molecule has 3 saturated heterocycles. The minimum Gasteiger partial charge on any atom is -0.301 e. The second-order valence-corrected chi connectivity index (χ2v) is 5.81. The summed E-state index contributed by atoms with van der Waals surface area (Å²) in [6.07, 6.45) is 2.61. The van der Waals surface area contributed by atoms with Gasteiger partial charge in [-0.25, -0.2) is 0 Å². The van der Waals surface area contributed by atoms with E-state index in [2.05, 4.69) is 46.6 Å². The van der Waals surface area contributed by atoms with Gasteiger partial charge in [0.1, 0.15) is 0 Å². The number of fused-ring (bicyclic) bond motifs is 2. The lowest BCUT2D eigenvalue weighted by Gasteiger charge is -2.45. The third kappa shape index (κ3) is 1.43. The lowest BCUT2D eigenvalue weighted by Crippen LogP contribution is -2.56. The largest absolute Gasteiger partial charge is 0.301 e. The van der Waals surface area contributed by atoms with Crippen LogP contribution in [0, 0.1) is 12.8 Å². The summed E-state index contributed by atoms with van der Waals surface area (Å²) < 4.78 is 0. The van der Waals surface area contributed by atoms with E-state index in [9.17, 15) is 0 Å². The number of nitrogens with zero attached hydrogens (tertiary/aromatic N) is 2. The quantitative estimate of drug-likeness (QED) is 0.815. The fraction of sp³-hybridized carbons (Fsp3) is 0.533. The monoisotopic (exact) mass is 241 g/mol. The van der Waals surface area contributed by atoms with Crippen LogP contribution in [0.15, 0.2) is 29.4 Å². The van der Waals surface area contributed by atoms with E-state index in [-0.39, 0.29) is 0 Å². The molecular weight excluding hydrogens is 222 g/mol. The zero-order valence-electron chi connectivity index (χ0n) is 10.8. The number of hydrogen-bond donors (Lipinski definition) is 1. The normalized spacial score (nSPS) is 37.1. The molecule has 4 aliphatic heterocycles. The SMILES string of the molecule is Cc1ccc(C2NN=C3C4CCN(CC4)C32)cc1. The summed E-state index contributed by atoms with van der Waals surface area (Å²) in [6, 6.07) is 9.77. The molecule has 3 heteroatoms. The van der Waals surface area contributed by atoms with E-state index in [1.165, 1.54) is 42.8 Å². The van der Waals surface area contributed by atoms with Crippen LogP contribution in [0.3, 0.4) is 0 Å². The van der Waals surface area contributed by atoms with Crippen molar-refractivity contribution in [3.8, 4) is 0 Å². The highest BCUT2D eigenvalue weighted by molar-refractivity contribution is 5.95. The van der Waals surface area contributed by atoms with E-state index in [0.29, 0.717) is 12.1 Å². The molecule has 2 bridgehead atoms. The molecule has 4 heterocycles. The highest BCUT2D eigenvalue weighted by Gasteiger charge is 2.46. The van der Waals surface area contributed by atoms with Gasteiger partial charge in [-0.3, -0.25) is 4.90 Å². The van der Waals surface area contributed by atoms with Crippen molar-refractivity contribution in [3.63, 3.8) is 0 Å². The number of benzene rings is 1. The summed E-state index contributed by atoms with van der Waals surface area (Å²) in [7, 11) is 0. The van der Waals surface area contributed by atoms with Crippen molar-refractivity contribution in [3.05, 3.63) is 35.4 Å². The van der Waals surface area contributed by atoms with Crippen molar-refractivity contribution in [1.29, 1.82) is 0 Å². The molecule has 0 radical (unpaired) electrons. The summed E-state index contributed by atoms with van der Waals surface area (Å²) in [6.45, 7) is 4.64. The molecule has 2 unspecified atom stereocenters. The molecule has 1 aromatic carbocycles. The van der Waals surface area contributed by atoms with Crippen LogP contribution in [-0.2, 0) is 0 Å². The molecule has 0 aliphatic carbocycles. The first-order chi connectivity index (χ1) is 8.83. The predicted molar refractivity (Wildman–Crippen MR) is 72.6 cm³/mol. The highest BCUT2D eigenvalue weighted by Crippen LogP contribution is 2.38. The second-order valence-electron chi connectivity index (χ2n) is 5.81. The molecular formula is C15H19N3. The number of nitrogens with one attached hydrogen (secondary N) is 1. The van der Waals surface area contributed by atoms with Gasteiger partial charge in [0.15, 0.2) is 0 Å². The lowest BCUT2D eigenvalue weighted by atomic mass is 9.78. The van der Waals surface area contributed by atoms with Crippen LogP contribution < -0.4 is 5.43 Å². The smallest absolute Gasteiger partial charge is 0.0899 e. The molecule has 94 valence electrons. The third-order valence-electron chi connectivity index (χ3n) is 4.73. The zero-order chi connectivity index (χ0) is 12.1. The van der Waals surface area contributed by atoms with Crippen LogP contribution in [0.2, 0.25) is 0 Å². The zero-order valence-corrected chi connectivity index (χ0v) is 10.8. The Hall–Kier alpha value is -1.35. The topological polar surface area (TPSA) is 27.6 Å². The molecule has 3 fully saturated rings. The van der Waals surface area contributed by atoms with Crippen molar-refractivity contribution >= 4 is 5.71 Å². The van der Waals surface area contributed by atoms with Gasteiger partial charge in [0.05, 0.1) is 17.8 Å². The van der Waals surface area contributed by atoms with Crippen molar-refractivity contribution in [2.45, 2.75) is 31.8 Å². The molecule has 1 aromatic rings. The van der Waals surface area contributed by atoms with E-state index in [1.54, 1.807) is 0 Å². The Balaban J connectivity index is 1.67. The Bertz CT molecular complexity index is 483. The highest BCUT2D eigenvalue weighted by atomic mass is 15.4. The maximum Gasteiger partial charge on any atom is 0.0899 e. The van der Waals surface area contributed by atoms with Gasteiger partial charge in [-0.05, 0) is 38.4 Å². The molecule has 4 aliphatic rings. The summed E-state index contributed by atoms with van der Waals surface area (Å²) >= 11 is 0. The Morgan fingerprint density at radius 3 is 2.61 bits per heavy atom. The molecule has 3 nitrogen and oxygen atoms in total. The van der Waals surface area contributed by atoms with Crippen LogP contribution in [0.25, 0.3) is 0 Å². The van der Waals surface area contributed by atoms with Gasteiger partial charge < -0.3 is 5.43 Å². The Morgan fingerprint density at radius 2 is 1.89 bits per heavy atom. The summed E-state index contributed by atoms with van der Waals surface area (Å²) in [4.78, 5) is 2.61. The first-order valence-electron chi connectivity index (χ1n) is 6.96. The van der Waals surface area contributed by atoms with E-state index in [4.69, 9.17) is 0 Å². The molecule has 0 saturated carbocycles. The predicted octanol–water partition coefficient (Wildman–Crippen LogP) is 2.09. The standard InChI is InChI=1S/C15H19N3/c1-10-2-4-11(5-3-10)13-15-14(17-16-13)12-6-8-18(15)9-7-12/h2-5,12-13,15-16H,6-9H2,1H3. The maximum absolute atomic E-state index is 4.65. The fourth-order valence-corrected chi connectivity index (χ4v) is 3.69. The van der Waals surface area contributed by atoms with Crippen LogP contribution >= 0.6 is 0 Å². The summed E-state index contributed by atoms with van der Waals surface area (Å²) in [5.41, 5.74) is 7.49. The minimum atomic E-state index is 0.365. The second kappa shape index (κ2) is 3.82. The Kier molecular flexibility index (Phi) is 2.24. The van der Waals surface area contributed by atoms with Gasteiger partial charge in [-0.15, -0.1) is 0 Å². The van der Waals surface area contributed by atoms with E-state index in [1.807, 2.05) is 0 Å². The van der Waals surface area contributed by atoms with Crippen LogP contribution in [0.4, 0.5) is 0 Å². The van der Waals surface area contributed by atoms with Gasteiger partial charge in [-0.1, -0.05) is 29.8 Å². The molecule has 5 rings (SSSR count). The summed E-state index contributed by atoms with van der Waals surface area (Å²) in [5, 5.41) is 4.65. The molecule has 0 spiro atoms. The first kappa shape index (κ1) is 10.6. The number of hydrogen-bond acceptors (Lipinski definition) is 3. The Morgan fingerprint density at radius 1 is 1.17 bits per heavy atom. The number of rotatable bonds is 1. The first-order valence-corrected chi connectivity index (χ1v) is 6.96. The van der Waals surface area contributed by atoms with E-state index < -0.39 is 0 Å². The average molecular weight is 241 g/mol.